The molecule has 76 valence electrons. The Balaban J connectivity index is 2.11. The monoisotopic (exact) mass is 183 g/mol. The van der Waals surface area contributed by atoms with Crippen LogP contribution in [0.5, 0.6) is 0 Å². The molecule has 0 unspecified atom stereocenters. The highest BCUT2D eigenvalue weighted by molar-refractivity contribution is 4.78. The standard InChI is InChI=1S/C10H21N3/c1-3-5-12-7-9-13(10-8-12)6-4-11-2/h3,11H,1,4-10H2,2H3. The van der Waals surface area contributed by atoms with Crippen LogP contribution in [0.2, 0.25) is 0 Å². The third kappa shape index (κ3) is 3.89. The van der Waals surface area contributed by atoms with Crippen LogP contribution in [0.15, 0.2) is 12.7 Å². The molecule has 1 fully saturated rings. The summed E-state index contributed by atoms with van der Waals surface area (Å²) in [5, 5.41) is 3.18. The first-order chi connectivity index (χ1) is 6.36. The lowest BCUT2D eigenvalue weighted by Gasteiger charge is -2.33. The molecule has 0 aromatic heterocycles. The van der Waals surface area contributed by atoms with Crippen LogP contribution in [-0.4, -0.2) is 62.7 Å². The van der Waals surface area contributed by atoms with E-state index in [9.17, 15) is 0 Å². The minimum atomic E-state index is 1.04. The predicted molar refractivity (Wildman–Crippen MR) is 57.0 cm³/mol. The van der Waals surface area contributed by atoms with Gasteiger partial charge < -0.3 is 5.32 Å². The number of hydrogen-bond acceptors (Lipinski definition) is 3. The second-order valence-electron chi connectivity index (χ2n) is 3.53. The first kappa shape index (κ1) is 10.7. The summed E-state index contributed by atoms with van der Waals surface area (Å²) in [6, 6.07) is 0. The van der Waals surface area contributed by atoms with Crippen LogP contribution < -0.4 is 5.32 Å². The Morgan fingerprint density at radius 2 is 1.85 bits per heavy atom. The molecule has 1 aliphatic heterocycles. The number of piperazine rings is 1. The topological polar surface area (TPSA) is 18.5 Å². The Morgan fingerprint density at radius 1 is 1.23 bits per heavy atom. The van der Waals surface area contributed by atoms with Gasteiger partial charge in [0.1, 0.15) is 0 Å². The molecule has 1 rings (SSSR count). The normalized spacial score (nSPS) is 20.4. The van der Waals surface area contributed by atoms with Crippen molar-refractivity contribution in [3.63, 3.8) is 0 Å². The largest absolute Gasteiger partial charge is 0.318 e. The molecule has 0 radical (unpaired) electrons. The fourth-order valence-electron chi connectivity index (χ4n) is 1.65. The van der Waals surface area contributed by atoms with E-state index in [0.29, 0.717) is 0 Å². The fourth-order valence-corrected chi connectivity index (χ4v) is 1.65. The van der Waals surface area contributed by atoms with E-state index in [0.717, 1.165) is 13.1 Å². The molecule has 0 aromatic carbocycles. The lowest BCUT2D eigenvalue weighted by molar-refractivity contribution is 0.144. The maximum absolute atomic E-state index is 3.76. The van der Waals surface area contributed by atoms with Gasteiger partial charge in [0.25, 0.3) is 0 Å². The quantitative estimate of drug-likeness (QED) is 0.606. The van der Waals surface area contributed by atoms with Crippen LogP contribution >= 0.6 is 0 Å². The van der Waals surface area contributed by atoms with Crippen molar-refractivity contribution in [1.82, 2.24) is 15.1 Å². The number of rotatable bonds is 5. The fraction of sp³-hybridized carbons (Fsp3) is 0.800. The van der Waals surface area contributed by atoms with Crippen LogP contribution in [-0.2, 0) is 0 Å². The summed E-state index contributed by atoms with van der Waals surface area (Å²) in [4.78, 5) is 4.96. The average molecular weight is 183 g/mol. The summed E-state index contributed by atoms with van der Waals surface area (Å²) >= 11 is 0. The lowest BCUT2D eigenvalue weighted by Crippen LogP contribution is -2.47. The van der Waals surface area contributed by atoms with Crippen LogP contribution in [0.3, 0.4) is 0 Å². The molecule has 0 amide bonds. The van der Waals surface area contributed by atoms with E-state index < -0.39 is 0 Å². The predicted octanol–water partition coefficient (Wildman–Crippen LogP) is 0.00940. The molecule has 0 spiro atoms. The Hall–Kier alpha value is -0.380. The zero-order valence-corrected chi connectivity index (χ0v) is 8.63. The summed E-state index contributed by atoms with van der Waals surface area (Å²) in [5.41, 5.74) is 0. The van der Waals surface area contributed by atoms with Gasteiger partial charge in [-0.05, 0) is 7.05 Å². The maximum Gasteiger partial charge on any atom is 0.0161 e. The molecule has 3 nitrogen and oxygen atoms in total. The van der Waals surface area contributed by atoms with Crippen LogP contribution in [0.25, 0.3) is 0 Å². The van der Waals surface area contributed by atoms with Crippen molar-refractivity contribution < 1.29 is 0 Å². The van der Waals surface area contributed by atoms with Gasteiger partial charge in [-0.1, -0.05) is 6.08 Å². The summed E-state index contributed by atoms with van der Waals surface area (Å²) in [6.07, 6.45) is 1.99. The van der Waals surface area contributed by atoms with E-state index in [-0.39, 0.29) is 0 Å². The van der Waals surface area contributed by atoms with E-state index in [1.165, 1.54) is 32.7 Å². The molecule has 0 bridgehead atoms. The SMILES string of the molecule is C=CCN1CCN(CCNC)CC1. The van der Waals surface area contributed by atoms with Gasteiger partial charge in [0.05, 0.1) is 0 Å². The third-order valence-electron chi connectivity index (χ3n) is 2.53. The molecular weight excluding hydrogens is 162 g/mol. The van der Waals surface area contributed by atoms with E-state index in [1.807, 2.05) is 13.1 Å². The highest BCUT2D eigenvalue weighted by atomic mass is 15.3. The molecule has 1 heterocycles. The van der Waals surface area contributed by atoms with Crippen molar-refractivity contribution in [3.8, 4) is 0 Å². The summed E-state index contributed by atoms with van der Waals surface area (Å²) in [5.74, 6) is 0. The van der Waals surface area contributed by atoms with Gasteiger partial charge in [-0.15, -0.1) is 6.58 Å². The van der Waals surface area contributed by atoms with Gasteiger partial charge in [0.2, 0.25) is 0 Å². The van der Waals surface area contributed by atoms with E-state index in [1.54, 1.807) is 0 Å². The van der Waals surface area contributed by atoms with Crippen molar-refractivity contribution in [2.75, 3.05) is 52.9 Å². The summed E-state index contributed by atoms with van der Waals surface area (Å²) < 4.78 is 0. The maximum atomic E-state index is 3.76. The van der Waals surface area contributed by atoms with Gasteiger partial charge >= 0.3 is 0 Å². The van der Waals surface area contributed by atoms with Gasteiger partial charge in [0.15, 0.2) is 0 Å². The highest BCUT2D eigenvalue weighted by Crippen LogP contribution is 2.00. The second kappa shape index (κ2) is 6.13. The van der Waals surface area contributed by atoms with Gasteiger partial charge in [-0.3, -0.25) is 9.80 Å². The van der Waals surface area contributed by atoms with Crippen molar-refractivity contribution >= 4 is 0 Å². The Kier molecular flexibility index (Phi) is 5.05. The van der Waals surface area contributed by atoms with Crippen molar-refractivity contribution in [2.24, 2.45) is 0 Å². The number of hydrogen-bond donors (Lipinski definition) is 1. The average Bonchev–Trinajstić information content (AvgIpc) is 2.17. The second-order valence-corrected chi connectivity index (χ2v) is 3.53. The van der Waals surface area contributed by atoms with E-state index >= 15 is 0 Å². The molecule has 1 N–H and O–H groups in total. The Labute approximate surface area is 81.4 Å². The minimum absolute atomic E-state index is 1.04. The number of nitrogens with one attached hydrogen (secondary N) is 1. The molecule has 3 heteroatoms. The summed E-state index contributed by atoms with van der Waals surface area (Å²) in [7, 11) is 2.01. The molecule has 0 saturated carbocycles. The zero-order valence-electron chi connectivity index (χ0n) is 8.63. The van der Waals surface area contributed by atoms with Gasteiger partial charge in [-0.2, -0.15) is 0 Å². The highest BCUT2D eigenvalue weighted by Gasteiger charge is 2.14. The van der Waals surface area contributed by atoms with Crippen molar-refractivity contribution in [3.05, 3.63) is 12.7 Å². The third-order valence-corrected chi connectivity index (χ3v) is 2.53. The lowest BCUT2D eigenvalue weighted by atomic mass is 10.3. The summed E-state index contributed by atoms with van der Waals surface area (Å²) in [6.45, 7) is 11.9. The Morgan fingerprint density at radius 3 is 2.38 bits per heavy atom. The first-order valence-electron chi connectivity index (χ1n) is 5.07. The molecule has 13 heavy (non-hydrogen) atoms. The van der Waals surface area contributed by atoms with Gasteiger partial charge in [0, 0.05) is 45.8 Å². The molecule has 1 saturated heterocycles. The van der Waals surface area contributed by atoms with Crippen LogP contribution in [0, 0.1) is 0 Å². The van der Waals surface area contributed by atoms with Crippen LogP contribution in [0.1, 0.15) is 0 Å². The van der Waals surface area contributed by atoms with Crippen molar-refractivity contribution in [2.45, 2.75) is 0 Å². The van der Waals surface area contributed by atoms with Crippen molar-refractivity contribution in [1.29, 1.82) is 0 Å². The van der Waals surface area contributed by atoms with E-state index in [4.69, 9.17) is 0 Å². The molecule has 0 aliphatic carbocycles. The molecular formula is C10H21N3. The molecule has 0 aromatic rings. The van der Waals surface area contributed by atoms with Crippen LogP contribution in [0.4, 0.5) is 0 Å². The van der Waals surface area contributed by atoms with Gasteiger partial charge in [-0.25, -0.2) is 0 Å². The molecule has 1 aliphatic rings. The smallest absolute Gasteiger partial charge is 0.0161 e. The Bertz CT molecular complexity index is 139. The molecule has 0 atom stereocenters. The number of nitrogens with zero attached hydrogens (tertiary/aromatic N) is 2. The number of likely N-dealkylation sites (N-methyl/N-ethyl adjacent to an activating group) is 1. The first-order valence-corrected chi connectivity index (χ1v) is 5.07. The van der Waals surface area contributed by atoms with E-state index in [2.05, 4.69) is 21.7 Å². The zero-order chi connectivity index (χ0) is 9.52. The minimum Gasteiger partial charge on any atom is -0.318 e.